The molecule has 0 aromatic heterocycles. The first-order valence-electron chi connectivity index (χ1n) is 5.89. The third kappa shape index (κ3) is 2.26. The minimum Gasteiger partial charge on any atom is -0.507 e. The molecule has 2 heteroatoms. The van der Waals surface area contributed by atoms with Gasteiger partial charge in [0, 0.05) is 16.8 Å². The van der Waals surface area contributed by atoms with E-state index in [4.69, 9.17) is 5.73 Å². The normalized spacial score (nSPS) is 10.4. The topological polar surface area (TPSA) is 46.2 Å². The number of aryl methyl sites for hydroxylation is 1. The van der Waals surface area contributed by atoms with Crippen molar-refractivity contribution in [2.45, 2.75) is 19.8 Å². The van der Waals surface area contributed by atoms with Crippen LogP contribution in [0.3, 0.4) is 0 Å². The van der Waals surface area contributed by atoms with E-state index in [2.05, 4.69) is 6.92 Å². The summed E-state index contributed by atoms with van der Waals surface area (Å²) >= 11 is 0. The van der Waals surface area contributed by atoms with Gasteiger partial charge in [-0.1, -0.05) is 49.7 Å². The van der Waals surface area contributed by atoms with Gasteiger partial charge in [0.1, 0.15) is 5.75 Å². The highest BCUT2D eigenvalue weighted by Crippen LogP contribution is 2.34. The monoisotopic (exact) mass is 227 g/mol. The summed E-state index contributed by atoms with van der Waals surface area (Å²) < 4.78 is 0. The number of aromatic hydroxyl groups is 1. The van der Waals surface area contributed by atoms with Crippen LogP contribution in [0, 0.1) is 0 Å². The fraction of sp³-hybridized carbons (Fsp3) is 0.200. The van der Waals surface area contributed by atoms with Crippen LogP contribution >= 0.6 is 0 Å². The maximum atomic E-state index is 9.85. The molecule has 0 fully saturated rings. The number of benzene rings is 2. The van der Waals surface area contributed by atoms with Gasteiger partial charge in [-0.3, -0.25) is 0 Å². The van der Waals surface area contributed by atoms with Crippen LogP contribution in [0.5, 0.6) is 5.75 Å². The SMILES string of the molecule is CCCc1cccc(-c2ccccc2O)c1N. The van der Waals surface area contributed by atoms with Crippen LogP contribution in [0.15, 0.2) is 42.5 Å². The van der Waals surface area contributed by atoms with Crippen LogP contribution in [0.1, 0.15) is 18.9 Å². The lowest BCUT2D eigenvalue weighted by molar-refractivity contribution is 0.477. The van der Waals surface area contributed by atoms with Crippen molar-refractivity contribution >= 4 is 5.69 Å². The van der Waals surface area contributed by atoms with Gasteiger partial charge in [-0.25, -0.2) is 0 Å². The molecule has 17 heavy (non-hydrogen) atoms. The molecule has 0 aliphatic heterocycles. The number of anilines is 1. The maximum Gasteiger partial charge on any atom is 0.123 e. The summed E-state index contributed by atoms with van der Waals surface area (Å²) in [6.45, 7) is 2.13. The molecule has 2 aromatic rings. The highest BCUT2D eigenvalue weighted by atomic mass is 16.3. The zero-order chi connectivity index (χ0) is 12.3. The number of nitrogen functional groups attached to an aromatic ring is 1. The molecule has 0 spiro atoms. The van der Waals surface area contributed by atoms with E-state index in [1.54, 1.807) is 6.07 Å². The minimum absolute atomic E-state index is 0.271. The van der Waals surface area contributed by atoms with Crippen molar-refractivity contribution in [3.05, 3.63) is 48.0 Å². The zero-order valence-electron chi connectivity index (χ0n) is 9.98. The number of phenols is 1. The van der Waals surface area contributed by atoms with Gasteiger partial charge in [0.2, 0.25) is 0 Å². The lowest BCUT2D eigenvalue weighted by Crippen LogP contribution is -1.97. The molecule has 2 aromatic carbocycles. The molecule has 0 saturated carbocycles. The number of rotatable bonds is 3. The second-order valence-corrected chi connectivity index (χ2v) is 4.15. The van der Waals surface area contributed by atoms with Crippen molar-refractivity contribution in [2.75, 3.05) is 5.73 Å². The Hall–Kier alpha value is -1.96. The molecule has 0 amide bonds. The van der Waals surface area contributed by atoms with E-state index >= 15 is 0 Å². The van der Waals surface area contributed by atoms with Crippen LogP contribution in [0.2, 0.25) is 0 Å². The molecule has 88 valence electrons. The van der Waals surface area contributed by atoms with Crippen molar-refractivity contribution in [3.63, 3.8) is 0 Å². The van der Waals surface area contributed by atoms with Crippen molar-refractivity contribution in [3.8, 4) is 16.9 Å². The molecule has 0 aliphatic carbocycles. The number of hydrogen-bond donors (Lipinski definition) is 2. The molecule has 2 rings (SSSR count). The lowest BCUT2D eigenvalue weighted by Gasteiger charge is -2.11. The molecule has 2 nitrogen and oxygen atoms in total. The summed E-state index contributed by atoms with van der Waals surface area (Å²) in [5.41, 5.74) is 9.79. The van der Waals surface area contributed by atoms with E-state index in [1.807, 2.05) is 36.4 Å². The average molecular weight is 227 g/mol. The molecule has 0 heterocycles. The number of hydrogen-bond acceptors (Lipinski definition) is 2. The van der Waals surface area contributed by atoms with Gasteiger partial charge >= 0.3 is 0 Å². The summed E-state index contributed by atoms with van der Waals surface area (Å²) in [6.07, 6.45) is 2.03. The van der Waals surface area contributed by atoms with Crippen LogP contribution in [0.25, 0.3) is 11.1 Å². The van der Waals surface area contributed by atoms with E-state index < -0.39 is 0 Å². The molecule has 0 atom stereocenters. The van der Waals surface area contributed by atoms with E-state index in [0.29, 0.717) is 0 Å². The summed E-state index contributed by atoms with van der Waals surface area (Å²) in [5.74, 6) is 0.271. The standard InChI is InChI=1S/C15H17NO/c1-2-6-11-7-5-9-13(15(11)16)12-8-3-4-10-14(12)17/h3-5,7-10,17H,2,6,16H2,1H3. The predicted molar refractivity (Wildman–Crippen MR) is 72.0 cm³/mol. The Kier molecular flexibility index (Phi) is 3.33. The van der Waals surface area contributed by atoms with Crippen molar-refractivity contribution in [2.24, 2.45) is 0 Å². The minimum atomic E-state index is 0.271. The Morgan fingerprint density at radius 2 is 1.71 bits per heavy atom. The molecule has 3 N–H and O–H groups in total. The highest BCUT2D eigenvalue weighted by Gasteiger charge is 2.09. The third-order valence-corrected chi connectivity index (χ3v) is 2.91. The molecular formula is C15H17NO. The summed E-state index contributed by atoms with van der Waals surface area (Å²) in [7, 11) is 0. The summed E-state index contributed by atoms with van der Waals surface area (Å²) in [6, 6.07) is 13.3. The first kappa shape index (κ1) is 11.5. The predicted octanol–water partition coefficient (Wildman–Crippen LogP) is 3.59. The van der Waals surface area contributed by atoms with Gasteiger partial charge in [0.25, 0.3) is 0 Å². The van der Waals surface area contributed by atoms with E-state index in [9.17, 15) is 5.11 Å². The smallest absolute Gasteiger partial charge is 0.123 e. The molecule has 0 radical (unpaired) electrons. The second kappa shape index (κ2) is 4.91. The van der Waals surface area contributed by atoms with E-state index in [-0.39, 0.29) is 5.75 Å². The quantitative estimate of drug-likeness (QED) is 0.787. The Bertz CT molecular complexity index is 520. The fourth-order valence-corrected chi connectivity index (χ4v) is 2.04. The van der Waals surface area contributed by atoms with Gasteiger partial charge in [-0.05, 0) is 18.1 Å². The summed E-state index contributed by atoms with van der Waals surface area (Å²) in [5, 5.41) is 9.85. The molecule has 0 saturated heterocycles. The Morgan fingerprint density at radius 1 is 1.00 bits per heavy atom. The van der Waals surface area contributed by atoms with E-state index in [0.717, 1.165) is 35.2 Å². The maximum absolute atomic E-state index is 9.85. The number of nitrogens with two attached hydrogens (primary N) is 1. The van der Waals surface area contributed by atoms with Gasteiger partial charge in [-0.15, -0.1) is 0 Å². The van der Waals surface area contributed by atoms with Crippen LogP contribution < -0.4 is 5.73 Å². The molecule has 0 bridgehead atoms. The lowest BCUT2D eigenvalue weighted by atomic mass is 9.98. The first-order valence-corrected chi connectivity index (χ1v) is 5.89. The largest absolute Gasteiger partial charge is 0.507 e. The Labute approximate surface area is 102 Å². The van der Waals surface area contributed by atoms with Crippen LogP contribution in [-0.4, -0.2) is 5.11 Å². The Balaban J connectivity index is 2.53. The molecule has 0 aliphatic rings. The fourth-order valence-electron chi connectivity index (χ4n) is 2.04. The summed E-state index contributed by atoms with van der Waals surface area (Å²) in [4.78, 5) is 0. The highest BCUT2D eigenvalue weighted by molar-refractivity contribution is 5.81. The third-order valence-electron chi connectivity index (χ3n) is 2.91. The zero-order valence-corrected chi connectivity index (χ0v) is 9.98. The number of phenolic OH excluding ortho intramolecular Hbond substituents is 1. The first-order chi connectivity index (χ1) is 8.24. The van der Waals surface area contributed by atoms with Crippen LogP contribution in [0.4, 0.5) is 5.69 Å². The van der Waals surface area contributed by atoms with Gasteiger partial charge < -0.3 is 10.8 Å². The van der Waals surface area contributed by atoms with Gasteiger partial charge in [0.15, 0.2) is 0 Å². The number of para-hydroxylation sites is 2. The average Bonchev–Trinajstić information content (AvgIpc) is 2.33. The van der Waals surface area contributed by atoms with Crippen molar-refractivity contribution in [1.29, 1.82) is 0 Å². The van der Waals surface area contributed by atoms with Crippen LogP contribution in [-0.2, 0) is 6.42 Å². The van der Waals surface area contributed by atoms with Gasteiger partial charge in [0.05, 0.1) is 0 Å². The van der Waals surface area contributed by atoms with Crippen molar-refractivity contribution < 1.29 is 5.11 Å². The molecule has 0 unspecified atom stereocenters. The van der Waals surface area contributed by atoms with Gasteiger partial charge in [-0.2, -0.15) is 0 Å². The molecular weight excluding hydrogens is 210 g/mol. The Morgan fingerprint density at radius 3 is 2.41 bits per heavy atom. The van der Waals surface area contributed by atoms with E-state index in [1.165, 1.54) is 0 Å². The second-order valence-electron chi connectivity index (χ2n) is 4.15. The van der Waals surface area contributed by atoms with Crippen molar-refractivity contribution in [1.82, 2.24) is 0 Å².